The van der Waals surface area contributed by atoms with Gasteiger partial charge in [0.1, 0.15) is 11.9 Å². The highest BCUT2D eigenvalue weighted by atomic mass is 32.2. The van der Waals surface area contributed by atoms with Crippen LogP contribution in [0.5, 0.6) is 0 Å². The Morgan fingerprint density at radius 3 is 2.24 bits per heavy atom. The van der Waals surface area contributed by atoms with Crippen molar-refractivity contribution in [3.8, 4) is 0 Å². The van der Waals surface area contributed by atoms with Crippen LogP contribution in [0.1, 0.15) is 50.5 Å². The monoisotopic (exact) mass is 485 g/mol. The number of hydrogen-bond donors (Lipinski definition) is 2. The van der Waals surface area contributed by atoms with Gasteiger partial charge in [-0.2, -0.15) is 0 Å². The van der Waals surface area contributed by atoms with E-state index in [4.69, 9.17) is 4.74 Å². The molecule has 180 valence electrons. The van der Waals surface area contributed by atoms with Gasteiger partial charge in [0, 0.05) is 22.2 Å². The van der Waals surface area contributed by atoms with Crippen molar-refractivity contribution in [2.75, 3.05) is 5.32 Å². The van der Waals surface area contributed by atoms with Crippen molar-refractivity contribution in [3.63, 3.8) is 0 Å². The van der Waals surface area contributed by atoms with E-state index in [0.29, 0.717) is 16.8 Å². The summed E-state index contributed by atoms with van der Waals surface area (Å²) in [6, 6.07) is 11.5. The van der Waals surface area contributed by atoms with Crippen molar-refractivity contribution in [1.82, 2.24) is 4.72 Å². The number of ketones is 1. The first-order valence-corrected chi connectivity index (χ1v) is 12.1. The van der Waals surface area contributed by atoms with Crippen molar-refractivity contribution >= 4 is 39.2 Å². The number of anilines is 1. The largest absolute Gasteiger partial charge is 0.453 e. The van der Waals surface area contributed by atoms with E-state index in [1.165, 1.54) is 19.9 Å². The first-order valence-electron chi connectivity index (χ1n) is 10.7. The molecule has 0 bridgehead atoms. The first-order chi connectivity index (χ1) is 15.8. The molecule has 1 amide bonds. The quantitative estimate of drug-likeness (QED) is 0.478. The molecular formula is C24H27N3O6S. The Hall–Kier alpha value is -3.53. The molecule has 0 spiro atoms. The molecule has 1 aliphatic heterocycles. The van der Waals surface area contributed by atoms with Crippen LogP contribution in [-0.4, -0.2) is 44.1 Å². The van der Waals surface area contributed by atoms with Crippen LogP contribution in [0, 0.1) is 5.41 Å². The van der Waals surface area contributed by atoms with Crippen LogP contribution in [0.15, 0.2) is 58.4 Å². The number of Topliss-reactive ketones (excluding diaryl/α,β-unsaturated/α-hetero) is 1. The second-order valence-corrected chi connectivity index (χ2v) is 10.6. The molecule has 1 heterocycles. The highest BCUT2D eigenvalue weighted by Crippen LogP contribution is 2.23. The van der Waals surface area contributed by atoms with Gasteiger partial charge < -0.3 is 10.1 Å². The Balaban J connectivity index is 1.65. The number of sulfonamides is 1. The summed E-state index contributed by atoms with van der Waals surface area (Å²) in [5.74, 6) is -1.30. The molecule has 1 unspecified atom stereocenters. The number of ether oxygens (including phenoxy) is 1. The molecule has 0 aromatic heterocycles. The standard InChI is InChI=1S/C24H27N3O6S/c1-14(25-21-18-8-6-7-9-19(18)34(31,32)27-21)22(29)33-15(2)20(28)16-10-12-17(13-11-16)26-23(30)24(3,4)5/h6-15H,1-5H3,(H,25,27)(H,26,30)/t14-,15?/m0/s1. The Bertz CT molecular complexity index is 1260. The molecule has 2 aromatic rings. The SMILES string of the molecule is CC(OC(=O)[C@H](C)N=C1NS(=O)(=O)c2ccccc21)C(=O)c1ccc(NC(=O)C(C)(C)C)cc1. The van der Waals surface area contributed by atoms with Gasteiger partial charge in [-0.3, -0.25) is 19.3 Å². The van der Waals surface area contributed by atoms with E-state index in [0.717, 1.165) is 0 Å². The number of amides is 1. The van der Waals surface area contributed by atoms with Gasteiger partial charge >= 0.3 is 5.97 Å². The summed E-state index contributed by atoms with van der Waals surface area (Å²) in [4.78, 5) is 41.5. The van der Waals surface area contributed by atoms with Crippen LogP contribution < -0.4 is 10.0 Å². The topological polar surface area (TPSA) is 131 Å². The van der Waals surface area contributed by atoms with Crippen molar-refractivity contribution in [1.29, 1.82) is 0 Å². The molecule has 0 saturated heterocycles. The van der Waals surface area contributed by atoms with Crippen molar-refractivity contribution < 1.29 is 27.5 Å². The lowest BCUT2D eigenvalue weighted by Crippen LogP contribution is -2.31. The summed E-state index contributed by atoms with van der Waals surface area (Å²) < 4.78 is 32.0. The number of fused-ring (bicyclic) bond motifs is 1. The normalized spacial score (nSPS) is 17.3. The van der Waals surface area contributed by atoms with Crippen molar-refractivity contribution in [2.45, 2.75) is 51.7 Å². The number of carbonyl (C=O) groups is 3. The van der Waals surface area contributed by atoms with Gasteiger partial charge in [-0.25, -0.2) is 13.2 Å². The van der Waals surface area contributed by atoms with Gasteiger partial charge in [0.15, 0.2) is 6.10 Å². The molecule has 2 aromatic carbocycles. The fourth-order valence-electron chi connectivity index (χ4n) is 3.07. The zero-order chi connectivity index (χ0) is 25.3. The average Bonchev–Trinajstić information content (AvgIpc) is 3.03. The lowest BCUT2D eigenvalue weighted by atomic mass is 9.95. The second kappa shape index (κ2) is 9.38. The summed E-state index contributed by atoms with van der Waals surface area (Å²) in [5, 5.41) is 2.77. The molecule has 0 saturated carbocycles. The molecule has 34 heavy (non-hydrogen) atoms. The van der Waals surface area contributed by atoms with E-state index in [9.17, 15) is 22.8 Å². The minimum absolute atomic E-state index is 0.0481. The molecule has 0 fully saturated rings. The van der Waals surface area contributed by atoms with E-state index in [2.05, 4.69) is 15.0 Å². The molecular weight excluding hydrogens is 458 g/mol. The number of esters is 1. The van der Waals surface area contributed by atoms with Crippen LogP contribution in [0.3, 0.4) is 0 Å². The summed E-state index contributed by atoms with van der Waals surface area (Å²) in [6.07, 6.45) is -1.09. The fourth-order valence-corrected chi connectivity index (χ4v) is 4.31. The smallest absolute Gasteiger partial charge is 0.331 e. The third kappa shape index (κ3) is 5.51. The first kappa shape index (κ1) is 25.1. The van der Waals surface area contributed by atoms with Crippen LogP contribution >= 0.6 is 0 Å². The van der Waals surface area contributed by atoms with Crippen molar-refractivity contribution in [3.05, 3.63) is 59.7 Å². The number of benzene rings is 2. The zero-order valence-electron chi connectivity index (χ0n) is 19.6. The molecule has 0 aliphatic carbocycles. The Kier molecular flexibility index (Phi) is 6.92. The lowest BCUT2D eigenvalue weighted by Gasteiger charge is -2.18. The maximum absolute atomic E-state index is 12.7. The van der Waals surface area contributed by atoms with Gasteiger partial charge in [-0.1, -0.05) is 32.9 Å². The van der Waals surface area contributed by atoms with Gasteiger partial charge in [0.25, 0.3) is 10.0 Å². The number of rotatable bonds is 6. The number of aliphatic imine (C=N–C) groups is 1. The number of nitrogens with one attached hydrogen (secondary N) is 2. The van der Waals surface area contributed by atoms with E-state index < -0.39 is 39.3 Å². The van der Waals surface area contributed by atoms with Gasteiger partial charge in [-0.15, -0.1) is 0 Å². The summed E-state index contributed by atoms with van der Waals surface area (Å²) in [6.45, 7) is 8.28. The maximum atomic E-state index is 12.7. The van der Waals surface area contributed by atoms with Crippen LogP contribution in [-0.2, 0) is 24.3 Å². The second-order valence-electron chi connectivity index (χ2n) is 8.98. The number of hydrogen-bond acceptors (Lipinski definition) is 7. The third-order valence-corrected chi connectivity index (χ3v) is 6.49. The third-order valence-electron chi connectivity index (χ3n) is 5.10. The predicted octanol–water partition coefficient (Wildman–Crippen LogP) is 2.91. The van der Waals surface area contributed by atoms with E-state index in [-0.39, 0.29) is 16.6 Å². The minimum atomic E-state index is -3.73. The Morgan fingerprint density at radius 1 is 1.00 bits per heavy atom. The Labute approximate surface area is 198 Å². The van der Waals surface area contributed by atoms with Gasteiger partial charge in [0.05, 0.1) is 4.90 Å². The molecule has 0 radical (unpaired) electrons. The van der Waals surface area contributed by atoms with Gasteiger partial charge in [-0.05, 0) is 50.2 Å². The molecule has 9 nitrogen and oxygen atoms in total. The number of amidine groups is 1. The fraction of sp³-hybridized carbons (Fsp3) is 0.333. The summed E-state index contributed by atoms with van der Waals surface area (Å²) in [5.41, 5.74) is 0.664. The maximum Gasteiger partial charge on any atom is 0.331 e. The zero-order valence-corrected chi connectivity index (χ0v) is 20.4. The average molecular weight is 486 g/mol. The molecule has 10 heteroatoms. The molecule has 3 rings (SSSR count). The molecule has 2 atom stereocenters. The van der Waals surface area contributed by atoms with E-state index in [1.807, 2.05) is 0 Å². The van der Waals surface area contributed by atoms with Crippen LogP contribution in [0.25, 0.3) is 0 Å². The number of carbonyl (C=O) groups excluding carboxylic acids is 3. The minimum Gasteiger partial charge on any atom is -0.453 e. The van der Waals surface area contributed by atoms with E-state index in [1.54, 1.807) is 63.2 Å². The summed E-state index contributed by atoms with van der Waals surface area (Å²) in [7, 11) is -3.73. The van der Waals surface area contributed by atoms with E-state index >= 15 is 0 Å². The van der Waals surface area contributed by atoms with Crippen LogP contribution in [0.2, 0.25) is 0 Å². The molecule has 2 N–H and O–H groups in total. The van der Waals surface area contributed by atoms with Gasteiger partial charge in [0.2, 0.25) is 11.7 Å². The Morgan fingerprint density at radius 2 is 1.62 bits per heavy atom. The number of nitrogens with zero attached hydrogens (tertiary/aromatic N) is 1. The molecule has 1 aliphatic rings. The van der Waals surface area contributed by atoms with Crippen LogP contribution in [0.4, 0.5) is 5.69 Å². The predicted molar refractivity (Wildman–Crippen MR) is 127 cm³/mol. The lowest BCUT2D eigenvalue weighted by molar-refractivity contribution is -0.147. The highest BCUT2D eigenvalue weighted by Gasteiger charge is 2.32. The highest BCUT2D eigenvalue weighted by molar-refractivity contribution is 7.90. The summed E-state index contributed by atoms with van der Waals surface area (Å²) >= 11 is 0. The van der Waals surface area contributed by atoms with Crippen molar-refractivity contribution in [2.24, 2.45) is 10.4 Å².